The summed E-state index contributed by atoms with van der Waals surface area (Å²) in [5, 5.41) is 5.89. The van der Waals surface area contributed by atoms with Crippen LogP contribution >= 0.6 is 24.8 Å². The molecule has 0 saturated carbocycles. The number of nitrogens with zero attached hydrogens (tertiary/aromatic N) is 2. The summed E-state index contributed by atoms with van der Waals surface area (Å²) in [5.74, 6) is -0.459. The second-order valence-electron chi connectivity index (χ2n) is 4.78. The molecule has 1 saturated heterocycles. The molecule has 1 aliphatic heterocycles. The molecule has 1 aliphatic rings. The summed E-state index contributed by atoms with van der Waals surface area (Å²) in [6.07, 6.45) is -3.77. The van der Waals surface area contributed by atoms with Gasteiger partial charge in [-0.15, -0.1) is 24.8 Å². The van der Waals surface area contributed by atoms with Crippen molar-refractivity contribution in [3.63, 3.8) is 0 Å². The normalized spacial score (nSPS) is 15.3. The molecule has 1 aromatic heterocycles. The SMILES string of the molecule is Cl.Cl.O=C(NCCN1CCNCC1)c1ccc(C(F)(F)F)cn1. The Bertz CT molecular complexity index is 479. The number of amides is 1. The van der Waals surface area contributed by atoms with Gasteiger partial charge in [0.15, 0.2) is 0 Å². The lowest BCUT2D eigenvalue weighted by Crippen LogP contribution is -2.46. The molecule has 2 heterocycles. The molecule has 0 aliphatic carbocycles. The third-order valence-electron chi connectivity index (χ3n) is 3.25. The molecule has 0 unspecified atom stereocenters. The van der Waals surface area contributed by atoms with Crippen molar-refractivity contribution in [2.45, 2.75) is 6.18 Å². The third kappa shape index (κ3) is 6.90. The monoisotopic (exact) mass is 374 g/mol. The zero-order valence-corrected chi connectivity index (χ0v) is 13.9. The van der Waals surface area contributed by atoms with Crippen LogP contribution in [-0.4, -0.2) is 55.1 Å². The van der Waals surface area contributed by atoms with Crippen molar-refractivity contribution in [2.75, 3.05) is 39.3 Å². The summed E-state index contributed by atoms with van der Waals surface area (Å²) in [5.41, 5.74) is -0.872. The molecule has 1 aromatic rings. The van der Waals surface area contributed by atoms with Crippen LogP contribution in [0.4, 0.5) is 13.2 Å². The topological polar surface area (TPSA) is 57.3 Å². The summed E-state index contributed by atoms with van der Waals surface area (Å²) in [7, 11) is 0. The smallest absolute Gasteiger partial charge is 0.349 e. The first-order chi connectivity index (χ1) is 9.97. The van der Waals surface area contributed by atoms with E-state index in [2.05, 4.69) is 20.5 Å². The van der Waals surface area contributed by atoms with Crippen molar-refractivity contribution in [3.8, 4) is 0 Å². The van der Waals surface area contributed by atoms with Gasteiger partial charge in [0.25, 0.3) is 5.91 Å². The lowest BCUT2D eigenvalue weighted by molar-refractivity contribution is -0.137. The average Bonchev–Trinajstić information content (AvgIpc) is 2.47. The van der Waals surface area contributed by atoms with E-state index in [-0.39, 0.29) is 30.5 Å². The standard InChI is InChI=1S/C13H17F3N4O.2ClH/c14-13(15,16)10-1-2-11(19-9-10)12(21)18-5-8-20-6-3-17-4-7-20;;/h1-2,9,17H,3-8H2,(H,18,21);2*1H. The Hall–Kier alpha value is -1.09. The Morgan fingerprint density at radius 2 is 1.91 bits per heavy atom. The average molecular weight is 375 g/mol. The van der Waals surface area contributed by atoms with Crippen LogP contribution in [0.15, 0.2) is 18.3 Å². The number of rotatable bonds is 4. The maximum atomic E-state index is 12.4. The Morgan fingerprint density at radius 3 is 2.43 bits per heavy atom. The fraction of sp³-hybridized carbons (Fsp3) is 0.538. The highest BCUT2D eigenvalue weighted by molar-refractivity contribution is 5.92. The summed E-state index contributed by atoms with van der Waals surface area (Å²) in [6, 6.07) is 1.95. The molecule has 0 bridgehead atoms. The Balaban J connectivity index is 0.00000242. The molecule has 10 heteroatoms. The van der Waals surface area contributed by atoms with Crippen molar-refractivity contribution in [3.05, 3.63) is 29.6 Å². The van der Waals surface area contributed by atoms with E-state index in [1.807, 2.05) is 0 Å². The zero-order chi connectivity index (χ0) is 15.3. The Labute approximate surface area is 144 Å². The number of nitrogens with one attached hydrogen (secondary N) is 2. The van der Waals surface area contributed by atoms with E-state index in [0.29, 0.717) is 19.3 Å². The molecular formula is C13H19Cl2F3N4O. The number of carbonyl (C=O) groups is 1. The van der Waals surface area contributed by atoms with Crippen LogP contribution < -0.4 is 10.6 Å². The maximum absolute atomic E-state index is 12.4. The van der Waals surface area contributed by atoms with Gasteiger partial charge in [-0.05, 0) is 12.1 Å². The predicted molar refractivity (Wildman–Crippen MR) is 85.4 cm³/mol. The second kappa shape index (κ2) is 9.92. The van der Waals surface area contributed by atoms with E-state index in [0.717, 1.165) is 38.3 Å². The molecule has 23 heavy (non-hydrogen) atoms. The van der Waals surface area contributed by atoms with Crippen LogP contribution in [-0.2, 0) is 6.18 Å². The zero-order valence-electron chi connectivity index (χ0n) is 12.2. The molecular weight excluding hydrogens is 356 g/mol. The molecule has 0 aromatic carbocycles. The molecule has 2 rings (SSSR count). The van der Waals surface area contributed by atoms with Gasteiger partial charge >= 0.3 is 6.18 Å². The molecule has 1 amide bonds. The van der Waals surface area contributed by atoms with E-state index in [9.17, 15) is 18.0 Å². The molecule has 5 nitrogen and oxygen atoms in total. The first kappa shape index (κ1) is 21.9. The lowest BCUT2D eigenvalue weighted by Gasteiger charge is -2.27. The van der Waals surface area contributed by atoms with E-state index in [1.165, 1.54) is 0 Å². The largest absolute Gasteiger partial charge is 0.417 e. The number of pyridine rings is 1. The van der Waals surface area contributed by atoms with Crippen LogP contribution in [0.2, 0.25) is 0 Å². The summed E-state index contributed by atoms with van der Waals surface area (Å²) >= 11 is 0. The van der Waals surface area contributed by atoms with Crippen LogP contribution in [0.1, 0.15) is 16.1 Å². The molecule has 132 valence electrons. The second-order valence-corrected chi connectivity index (χ2v) is 4.78. The lowest BCUT2D eigenvalue weighted by atomic mass is 10.2. The highest BCUT2D eigenvalue weighted by atomic mass is 35.5. The van der Waals surface area contributed by atoms with Crippen LogP contribution in [0.25, 0.3) is 0 Å². The number of alkyl halides is 3. The fourth-order valence-electron chi connectivity index (χ4n) is 2.05. The van der Waals surface area contributed by atoms with Crippen molar-refractivity contribution in [2.24, 2.45) is 0 Å². The van der Waals surface area contributed by atoms with Gasteiger partial charge in [0, 0.05) is 45.5 Å². The summed E-state index contributed by atoms with van der Waals surface area (Å²) in [6.45, 7) is 4.86. The highest BCUT2D eigenvalue weighted by Crippen LogP contribution is 2.28. The maximum Gasteiger partial charge on any atom is 0.417 e. The van der Waals surface area contributed by atoms with E-state index >= 15 is 0 Å². The van der Waals surface area contributed by atoms with E-state index in [4.69, 9.17) is 0 Å². The number of hydrogen-bond acceptors (Lipinski definition) is 4. The minimum atomic E-state index is -4.44. The minimum absolute atomic E-state index is 0. The third-order valence-corrected chi connectivity index (χ3v) is 3.25. The van der Waals surface area contributed by atoms with Gasteiger partial charge in [0.05, 0.1) is 5.56 Å². The first-order valence-corrected chi connectivity index (χ1v) is 6.71. The van der Waals surface area contributed by atoms with Gasteiger partial charge in [-0.2, -0.15) is 13.2 Å². The van der Waals surface area contributed by atoms with Gasteiger partial charge in [-0.3, -0.25) is 14.7 Å². The Kier molecular flexibility index (Phi) is 9.45. The van der Waals surface area contributed by atoms with Crippen molar-refractivity contribution < 1.29 is 18.0 Å². The molecule has 0 atom stereocenters. The van der Waals surface area contributed by atoms with Gasteiger partial charge in [0.1, 0.15) is 5.69 Å². The van der Waals surface area contributed by atoms with Gasteiger partial charge in [-0.1, -0.05) is 0 Å². The first-order valence-electron chi connectivity index (χ1n) is 6.71. The quantitative estimate of drug-likeness (QED) is 0.839. The molecule has 1 fully saturated rings. The number of halogens is 5. The number of piperazine rings is 1. The number of carbonyl (C=O) groups excluding carboxylic acids is 1. The molecule has 0 spiro atoms. The summed E-state index contributed by atoms with van der Waals surface area (Å²) in [4.78, 5) is 17.5. The van der Waals surface area contributed by atoms with Crippen LogP contribution in [0.3, 0.4) is 0 Å². The Morgan fingerprint density at radius 1 is 1.26 bits per heavy atom. The summed E-state index contributed by atoms with van der Waals surface area (Å²) < 4.78 is 37.1. The van der Waals surface area contributed by atoms with E-state index < -0.39 is 17.6 Å². The highest BCUT2D eigenvalue weighted by Gasteiger charge is 2.30. The van der Waals surface area contributed by atoms with Crippen molar-refractivity contribution in [1.29, 1.82) is 0 Å². The van der Waals surface area contributed by atoms with E-state index in [1.54, 1.807) is 0 Å². The number of hydrogen-bond donors (Lipinski definition) is 2. The van der Waals surface area contributed by atoms with Crippen LogP contribution in [0, 0.1) is 0 Å². The van der Waals surface area contributed by atoms with Crippen LogP contribution in [0.5, 0.6) is 0 Å². The van der Waals surface area contributed by atoms with Crippen molar-refractivity contribution >= 4 is 30.7 Å². The molecule has 0 radical (unpaired) electrons. The van der Waals surface area contributed by atoms with Gasteiger partial charge in [0.2, 0.25) is 0 Å². The minimum Gasteiger partial charge on any atom is -0.349 e. The predicted octanol–water partition coefficient (Wildman–Crippen LogP) is 1.58. The number of aromatic nitrogens is 1. The van der Waals surface area contributed by atoms with Gasteiger partial charge < -0.3 is 10.6 Å². The molecule has 2 N–H and O–H groups in total. The van der Waals surface area contributed by atoms with Gasteiger partial charge in [-0.25, -0.2) is 0 Å². The fourth-order valence-corrected chi connectivity index (χ4v) is 2.05. The van der Waals surface area contributed by atoms with Crippen molar-refractivity contribution in [1.82, 2.24) is 20.5 Å².